The summed E-state index contributed by atoms with van der Waals surface area (Å²) < 4.78 is 10.1. The van der Waals surface area contributed by atoms with Crippen molar-refractivity contribution in [2.45, 2.75) is 25.2 Å². The molecule has 0 radical (unpaired) electrons. The van der Waals surface area contributed by atoms with Gasteiger partial charge in [-0.1, -0.05) is 5.16 Å². The SMILES string of the molecule is COc1ccc(-c2noc(C3CCCC3=O)n2)nn1. The molecule has 0 spiro atoms. The Hall–Kier alpha value is -2.31. The second kappa shape index (κ2) is 4.75. The predicted octanol–water partition coefficient (Wildman–Crippen LogP) is 1.37. The Morgan fingerprint density at radius 2 is 2.26 bits per heavy atom. The second-order valence-electron chi connectivity index (χ2n) is 4.33. The highest BCUT2D eigenvalue weighted by atomic mass is 16.5. The summed E-state index contributed by atoms with van der Waals surface area (Å²) in [4.78, 5) is 15.9. The third kappa shape index (κ3) is 2.18. The van der Waals surface area contributed by atoms with Gasteiger partial charge in [0.05, 0.1) is 13.0 Å². The van der Waals surface area contributed by atoms with E-state index in [0.717, 1.165) is 12.8 Å². The minimum Gasteiger partial charge on any atom is -0.480 e. The highest BCUT2D eigenvalue weighted by Gasteiger charge is 2.31. The molecule has 1 unspecified atom stereocenters. The van der Waals surface area contributed by atoms with Crippen LogP contribution >= 0.6 is 0 Å². The Morgan fingerprint density at radius 3 is 2.89 bits per heavy atom. The standard InChI is InChI=1S/C12H12N4O3/c1-18-10-6-5-8(14-15-10)11-13-12(19-16-11)7-3-2-4-9(7)17/h5-7H,2-4H2,1H3. The van der Waals surface area contributed by atoms with Gasteiger partial charge in [-0.3, -0.25) is 4.79 Å². The van der Waals surface area contributed by atoms with Crippen molar-refractivity contribution in [2.75, 3.05) is 7.11 Å². The lowest BCUT2D eigenvalue weighted by molar-refractivity contribution is -0.119. The molecule has 7 nitrogen and oxygen atoms in total. The van der Waals surface area contributed by atoms with Gasteiger partial charge < -0.3 is 9.26 Å². The summed E-state index contributed by atoms with van der Waals surface area (Å²) in [5.41, 5.74) is 0.487. The summed E-state index contributed by atoms with van der Waals surface area (Å²) >= 11 is 0. The fraction of sp³-hybridized carbons (Fsp3) is 0.417. The maximum Gasteiger partial charge on any atom is 0.237 e. The van der Waals surface area contributed by atoms with Crippen LogP contribution in [0.3, 0.4) is 0 Å². The fourth-order valence-corrected chi connectivity index (χ4v) is 2.11. The van der Waals surface area contributed by atoms with E-state index in [1.165, 1.54) is 7.11 Å². The highest BCUT2D eigenvalue weighted by Crippen LogP contribution is 2.30. The van der Waals surface area contributed by atoms with E-state index < -0.39 is 0 Å². The average molecular weight is 260 g/mol. The van der Waals surface area contributed by atoms with Gasteiger partial charge in [-0.15, -0.1) is 10.2 Å². The van der Waals surface area contributed by atoms with Gasteiger partial charge >= 0.3 is 0 Å². The van der Waals surface area contributed by atoms with Gasteiger partial charge in [0.15, 0.2) is 0 Å². The maximum atomic E-state index is 11.6. The Morgan fingerprint density at radius 1 is 1.37 bits per heavy atom. The molecule has 1 fully saturated rings. The number of methoxy groups -OCH3 is 1. The average Bonchev–Trinajstić information content (AvgIpc) is 3.07. The Labute approximate surface area is 109 Å². The van der Waals surface area contributed by atoms with E-state index in [4.69, 9.17) is 9.26 Å². The van der Waals surface area contributed by atoms with Crippen molar-refractivity contribution in [3.63, 3.8) is 0 Å². The Kier molecular flexibility index (Phi) is 2.94. The topological polar surface area (TPSA) is 91.0 Å². The van der Waals surface area contributed by atoms with Crippen LogP contribution in [0.5, 0.6) is 5.88 Å². The smallest absolute Gasteiger partial charge is 0.237 e. The number of nitrogens with zero attached hydrogens (tertiary/aromatic N) is 4. The molecule has 0 aromatic carbocycles. The van der Waals surface area contributed by atoms with Crippen LogP contribution in [0.1, 0.15) is 31.1 Å². The number of ketones is 1. The maximum absolute atomic E-state index is 11.6. The molecular formula is C12H12N4O3. The van der Waals surface area contributed by atoms with Crippen molar-refractivity contribution in [1.82, 2.24) is 20.3 Å². The largest absolute Gasteiger partial charge is 0.480 e. The van der Waals surface area contributed by atoms with E-state index in [0.29, 0.717) is 29.7 Å². The van der Waals surface area contributed by atoms with Gasteiger partial charge in [-0.05, 0) is 18.9 Å². The van der Waals surface area contributed by atoms with Crippen LogP contribution in [0, 0.1) is 0 Å². The third-order valence-electron chi connectivity index (χ3n) is 3.12. The van der Waals surface area contributed by atoms with Crippen molar-refractivity contribution in [3.05, 3.63) is 18.0 Å². The minimum absolute atomic E-state index is 0.163. The second-order valence-corrected chi connectivity index (χ2v) is 4.33. The third-order valence-corrected chi connectivity index (χ3v) is 3.12. The van der Waals surface area contributed by atoms with E-state index in [1.807, 2.05) is 0 Å². The van der Waals surface area contributed by atoms with Crippen LogP contribution in [0.15, 0.2) is 16.7 Å². The molecule has 0 saturated heterocycles. The van der Waals surface area contributed by atoms with Crippen molar-refractivity contribution in [1.29, 1.82) is 0 Å². The number of hydrogen-bond donors (Lipinski definition) is 0. The molecule has 0 amide bonds. The zero-order valence-electron chi connectivity index (χ0n) is 10.4. The zero-order valence-corrected chi connectivity index (χ0v) is 10.4. The molecule has 2 aromatic heterocycles. The van der Waals surface area contributed by atoms with E-state index in [1.54, 1.807) is 12.1 Å². The van der Waals surface area contributed by atoms with Gasteiger partial charge in [0.2, 0.25) is 17.6 Å². The van der Waals surface area contributed by atoms with Crippen LogP contribution in [-0.2, 0) is 4.79 Å². The molecule has 1 atom stereocenters. The quantitative estimate of drug-likeness (QED) is 0.822. The van der Waals surface area contributed by atoms with Crippen LogP contribution in [-0.4, -0.2) is 33.2 Å². The first kappa shape index (κ1) is 11.8. The molecule has 2 aromatic rings. The predicted molar refractivity (Wildman–Crippen MR) is 63.5 cm³/mol. The van der Waals surface area contributed by atoms with Crippen LogP contribution in [0.25, 0.3) is 11.5 Å². The molecule has 19 heavy (non-hydrogen) atoms. The molecule has 2 heterocycles. The van der Waals surface area contributed by atoms with Gasteiger partial charge in [0.25, 0.3) is 0 Å². The van der Waals surface area contributed by atoms with Crippen LogP contribution in [0.2, 0.25) is 0 Å². The number of hydrogen-bond acceptors (Lipinski definition) is 7. The normalized spacial score (nSPS) is 18.8. The number of carbonyl (C=O) groups excluding carboxylic acids is 1. The van der Waals surface area contributed by atoms with Gasteiger partial charge in [0, 0.05) is 12.5 Å². The first-order chi connectivity index (χ1) is 9.28. The number of ether oxygens (including phenoxy) is 1. The lowest BCUT2D eigenvalue weighted by Gasteiger charge is -1.98. The molecule has 98 valence electrons. The van der Waals surface area contributed by atoms with E-state index in [2.05, 4.69) is 20.3 Å². The van der Waals surface area contributed by atoms with Crippen molar-refractivity contribution in [2.24, 2.45) is 0 Å². The molecule has 0 N–H and O–H groups in total. The lowest BCUT2D eigenvalue weighted by Crippen LogP contribution is -2.04. The first-order valence-electron chi connectivity index (χ1n) is 6.02. The molecule has 1 aliphatic carbocycles. The summed E-state index contributed by atoms with van der Waals surface area (Å²) in [7, 11) is 1.52. The van der Waals surface area contributed by atoms with Crippen LogP contribution in [0.4, 0.5) is 0 Å². The summed E-state index contributed by atoms with van der Waals surface area (Å²) in [6.07, 6.45) is 2.24. The molecule has 0 aliphatic heterocycles. The molecule has 1 saturated carbocycles. The van der Waals surface area contributed by atoms with Crippen molar-refractivity contribution >= 4 is 5.78 Å². The molecular weight excluding hydrogens is 248 g/mol. The van der Waals surface area contributed by atoms with Gasteiger partial charge in [-0.25, -0.2) is 0 Å². The molecule has 3 rings (SSSR count). The first-order valence-corrected chi connectivity index (χ1v) is 6.02. The summed E-state index contributed by atoms with van der Waals surface area (Å²) in [5, 5.41) is 11.6. The highest BCUT2D eigenvalue weighted by molar-refractivity contribution is 5.86. The van der Waals surface area contributed by atoms with E-state index in [9.17, 15) is 4.79 Å². The number of Topliss-reactive ketones (excluding diaryl/α,β-unsaturated/α-hetero) is 1. The summed E-state index contributed by atoms with van der Waals surface area (Å²) in [5.74, 6) is 1.03. The van der Waals surface area contributed by atoms with E-state index >= 15 is 0 Å². The molecule has 0 bridgehead atoms. The summed E-state index contributed by atoms with van der Waals surface area (Å²) in [6.45, 7) is 0. The Bertz CT molecular complexity index is 593. The molecule has 7 heteroatoms. The van der Waals surface area contributed by atoms with E-state index in [-0.39, 0.29) is 11.7 Å². The lowest BCUT2D eigenvalue weighted by atomic mass is 10.1. The van der Waals surface area contributed by atoms with Gasteiger partial charge in [0.1, 0.15) is 11.5 Å². The van der Waals surface area contributed by atoms with Crippen LogP contribution < -0.4 is 4.74 Å². The fourth-order valence-electron chi connectivity index (χ4n) is 2.11. The van der Waals surface area contributed by atoms with Crippen molar-refractivity contribution < 1.29 is 14.1 Å². The monoisotopic (exact) mass is 260 g/mol. The molecule has 1 aliphatic rings. The van der Waals surface area contributed by atoms with Gasteiger partial charge in [-0.2, -0.15) is 4.98 Å². The number of aromatic nitrogens is 4. The number of carbonyl (C=O) groups is 1. The minimum atomic E-state index is -0.257. The van der Waals surface area contributed by atoms with Crippen molar-refractivity contribution in [3.8, 4) is 17.4 Å². The Balaban J connectivity index is 1.85. The summed E-state index contributed by atoms with van der Waals surface area (Å²) in [6, 6.07) is 3.36. The zero-order chi connectivity index (χ0) is 13.2. The number of rotatable bonds is 3.